The third kappa shape index (κ3) is 4.85. The first-order valence-corrected chi connectivity index (χ1v) is 8.19. The van der Waals surface area contributed by atoms with Crippen LogP contribution >= 0.6 is 0 Å². The van der Waals surface area contributed by atoms with Gasteiger partial charge in [0.25, 0.3) is 0 Å². The fourth-order valence-corrected chi connectivity index (χ4v) is 2.88. The van der Waals surface area contributed by atoms with Crippen LogP contribution in [0.2, 0.25) is 0 Å². The van der Waals surface area contributed by atoms with Gasteiger partial charge in [-0.1, -0.05) is 43.7 Å². The molecule has 1 aliphatic heterocycles. The Morgan fingerprint density at radius 1 is 1.19 bits per heavy atom. The molecule has 1 aliphatic rings. The Kier molecular flexibility index (Phi) is 6.24. The molecule has 21 heavy (non-hydrogen) atoms. The van der Waals surface area contributed by atoms with Gasteiger partial charge in [0.05, 0.1) is 12.5 Å². The summed E-state index contributed by atoms with van der Waals surface area (Å²) in [6, 6.07) is 10.5. The lowest BCUT2D eigenvalue weighted by Gasteiger charge is -2.34. The molecule has 0 saturated carbocycles. The summed E-state index contributed by atoms with van der Waals surface area (Å²) >= 11 is 0. The Bertz CT molecular complexity index is 426. The summed E-state index contributed by atoms with van der Waals surface area (Å²) in [6.07, 6.45) is 5.08. The molecule has 2 atom stereocenters. The SMILES string of the molecule is CC[C@H](C)OC(=O)C[C@H](c1ccccc1)N1CCCCC1. The van der Waals surface area contributed by atoms with Crippen LogP contribution in [0, 0.1) is 0 Å². The van der Waals surface area contributed by atoms with E-state index in [0.29, 0.717) is 6.42 Å². The molecular weight excluding hydrogens is 262 g/mol. The van der Waals surface area contributed by atoms with Crippen molar-refractivity contribution in [1.82, 2.24) is 4.90 Å². The van der Waals surface area contributed by atoms with Crippen LogP contribution in [-0.2, 0) is 9.53 Å². The molecule has 1 aromatic carbocycles. The highest BCUT2D eigenvalue weighted by Crippen LogP contribution is 2.28. The van der Waals surface area contributed by atoms with Crippen LogP contribution in [0.25, 0.3) is 0 Å². The maximum Gasteiger partial charge on any atom is 0.307 e. The van der Waals surface area contributed by atoms with Gasteiger partial charge in [0, 0.05) is 6.04 Å². The zero-order valence-electron chi connectivity index (χ0n) is 13.3. The Balaban J connectivity index is 2.06. The fourth-order valence-electron chi connectivity index (χ4n) is 2.88. The number of esters is 1. The van der Waals surface area contributed by atoms with E-state index in [-0.39, 0.29) is 18.1 Å². The standard InChI is InChI=1S/C18H27NO2/c1-3-15(2)21-18(20)14-17(16-10-6-4-7-11-16)19-12-8-5-9-13-19/h4,6-7,10-11,15,17H,3,5,8-9,12-14H2,1-2H3/t15-,17+/m0/s1. The monoisotopic (exact) mass is 289 g/mol. The molecule has 116 valence electrons. The summed E-state index contributed by atoms with van der Waals surface area (Å²) in [7, 11) is 0. The molecule has 0 amide bonds. The Morgan fingerprint density at radius 3 is 2.48 bits per heavy atom. The average Bonchev–Trinajstić information content (AvgIpc) is 2.54. The van der Waals surface area contributed by atoms with Gasteiger partial charge in [0.1, 0.15) is 0 Å². The molecule has 0 aromatic heterocycles. The minimum atomic E-state index is -0.0798. The molecule has 1 fully saturated rings. The molecule has 2 rings (SSSR count). The van der Waals surface area contributed by atoms with E-state index in [1.54, 1.807) is 0 Å². The summed E-state index contributed by atoms with van der Waals surface area (Å²) in [5, 5.41) is 0. The first kappa shape index (κ1) is 16.0. The minimum absolute atomic E-state index is 0.00952. The number of carbonyl (C=O) groups is 1. The molecule has 3 nitrogen and oxygen atoms in total. The number of piperidine rings is 1. The summed E-state index contributed by atoms with van der Waals surface area (Å²) in [5.74, 6) is -0.0798. The maximum absolute atomic E-state index is 12.2. The summed E-state index contributed by atoms with van der Waals surface area (Å²) in [4.78, 5) is 14.6. The van der Waals surface area contributed by atoms with Crippen LogP contribution in [0.5, 0.6) is 0 Å². The molecule has 0 spiro atoms. The molecule has 0 unspecified atom stereocenters. The first-order valence-electron chi connectivity index (χ1n) is 8.19. The van der Waals surface area contributed by atoms with Gasteiger partial charge in [0.15, 0.2) is 0 Å². The highest BCUT2D eigenvalue weighted by atomic mass is 16.5. The second-order valence-electron chi connectivity index (χ2n) is 5.94. The predicted octanol–water partition coefficient (Wildman–Crippen LogP) is 3.95. The number of benzene rings is 1. The predicted molar refractivity (Wildman–Crippen MR) is 85.1 cm³/mol. The number of hydrogen-bond acceptors (Lipinski definition) is 3. The van der Waals surface area contributed by atoms with Crippen molar-refractivity contribution in [3.63, 3.8) is 0 Å². The second kappa shape index (κ2) is 8.18. The van der Waals surface area contributed by atoms with Crippen molar-refractivity contribution in [3.05, 3.63) is 35.9 Å². The summed E-state index contributed by atoms with van der Waals surface area (Å²) < 4.78 is 5.48. The molecule has 0 radical (unpaired) electrons. The van der Waals surface area contributed by atoms with Crippen LogP contribution < -0.4 is 0 Å². The number of hydrogen-bond donors (Lipinski definition) is 0. The normalized spacial score (nSPS) is 19.0. The highest BCUT2D eigenvalue weighted by Gasteiger charge is 2.25. The van der Waals surface area contributed by atoms with Crippen LogP contribution in [0.3, 0.4) is 0 Å². The van der Waals surface area contributed by atoms with E-state index in [2.05, 4.69) is 17.0 Å². The fraction of sp³-hybridized carbons (Fsp3) is 0.611. The van der Waals surface area contributed by atoms with Crippen molar-refractivity contribution in [1.29, 1.82) is 0 Å². The molecule has 0 bridgehead atoms. The van der Waals surface area contributed by atoms with Gasteiger partial charge in [-0.3, -0.25) is 9.69 Å². The minimum Gasteiger partial charge on any atom is -0.463 e. The van der Waals surface area contributed by atoms with Crippen LogP contribution in [0.1, 0.15) is 57.6 Å². The molecule has 1 heterocycles. The highest BCUT2D eigenvalue weighted by molar-refractivity contribution is 5.70. The zero-order valence-corrected chi connectivity index (χ0v) is 13.3. The average molecular weight is 289 g/mol. The van der Waals surface area contributed by atoms with E-state index in [4.69, 9.17) is 4.74 Å². The summed E-state index contributed by atoms with van der Waals surface area (Å²) in [5.41, 5.74) is 1.22. The van der Waals surface area contributed by atoms with Crippen molar-refractivity contribution < 1.29 is 9.53 Å². The second-order valence-corrected chi connectivity index (χ2v) is 5.94. The molecule has 1 aromatic rings. The Hall–Kier alpha value is -1.35. The number of carbonyl (C=O) groups excluding carboxylic acids is 1. The van der Waals surface area contributed by atoms with E-state index in [0.717, 1.165) is 19.5 Å². The molecule has 1 saturated heterocycles. The lowest BCUT2D eigenvalue weighted by atomic mass is 9.99. The lowest BCUT2D eigenvalue weighted by molar-refractivity contribution is -0.150. The van der Waals surface area contributed by atoms with Gasteiger partial charge < -0.3 is 4.74 Å². The van der Waals surface area contributed by atoms with Crippen molar-refractivity contribution in [3.8, 4) is 0 Å². The number of rotatable bonds is 6. The van der Waals surface area contributed by atoms with Crippen LogP contribution in [0.4, 0.5) is 0 Å². The quantitative estimate of drug-likeness (QED) is 0.743. The van der Waals surface area contributed by atoms with Crippen molar-refractivity contribution in [2.45, 2.75) is 58.1 Å². The van der Waals surface area contributed by atoms with E-state index >= 15 is 0 Å². The number of nitrogens with zero attached hydrogens (tertiary/aromatic N) is 1. The molecule has 0 aliphatic carbocycles. The van der Waals surface area contributed by atoms with Crippen molar-refractivity contribution in [2.75, 3.05) is 13.1 Å². The van der Waals surface area contributed by atoms with E-state index in [9.17, 15) is 4.79 Å². The van der Waals surface area contributed by atoms with Gasteiger partial charge >= 0.3 is 5.97 Å². The van der Waals surface area contributed by atoms with Gasteiger partial charge in [-0.25, -0.2) is 0 Å². The number of ether oxygens (including phenoxy) is 1. The molecular formula is C18H27NO2. The van der Waals surface area contributed by atoms with Gasteiger partial charge in [-0.05, 0) is 44.8 Å². The van der Waals surface area contributed by atoms with E-state index < -0.39 is 0 Å². The largest absolute Gasteiger partial charge is 0.463 e. The van der Waals surface area contributed by atoms with Crippen LogP contribution in [0.15, 0.2) is 30.3 Å². The lowest BCUT2D eigenvalue weighted by Crippen LogP contribution is -2.35. The smallest absolute Gasteiger partial charge is 0.307 e. The summed E-state index contributed by atoms with van der Waals surface area (Å²) in [6.45, 7) is 6.15. The van der Waals surface area contributed by atoms with Gasteiger partial charge in [0.2, 0.25) is 0 Å². The topological polar surface area (TPSA) is 29.5 Å². The maximum atomic E-state index is 12.2. The Morgan fingerprint density at radius 2 is 1.86 bits per heavy atom. The Labute approximate surface area is 128 Å². The third-order valence-corrected chi connectivity index (χ3v) is 4.28. The third-order valence-electron chi connectivity index (χ3n) is 4.28. The van der Waals surface area contributed by atoms with Crippen molar-refractivity contribution in [2.24, 2.45) is 0 Å². The van der Waals surface area contributed by atoms with Gasteiger partial charge in [-0.2, -0.15) is 0 Å². The van der Waals surface area contributed by atoms with Gasteiger partial charge in [-0.15, -0.1) is 0 Å². The van der Waals surface area contributed by atoms with E-state index in [1.165, 1.54) is 24.8 Å². The molecule has 0 N–H and O–H groups in total. The zero-order chi connectivity index (χ0) is 15.1. The van der Waals surface area contributed by atoms with E-state index in [1.807, 2.05) is 32.0 Å². The first-order chi connectivity index (χ1) is 10.2. The van der Waals surface area contributed by atoms with Crippen molar-refractivity contribution >= 4 is 5.97 Å². The van der Waals surface area contributed by atoms with Crippen LogP contribution in [-0.4, -0.2) is 30.1 Å². The molecule has 3 heteroatoms. The number of likely N-dealkylation sites (tertiary alicyclic amines) is 1.